The third-order valence-electron chi connectivity index (χ3n) is 4.29. The highest BCUT2D eigenvalue weighted by atomic mass is 19.1. The maximum atomic E-state index is 13.3. The number of rotatable bonds is 3. The fraction of sp³-hybridized carbons (Fsp3) is 0.353. The summed E-state index contributed by atoms with van der Waals surface area (Å²) in [6.07, 6.45) is 2.07. The van der Waals surface area contributed by atoms with E-state index in [1.54, 1.807) is 6.07 Å². The van der Waals surface area contributed by atoms with Crippen molar-refractivity contribution in [2.24, 2.45) is 0 Å². The summed E-state index contributed by atoms with van der Waals surface area (Å²) < 4.78 is 15.5. The van der Waals surface area contributed by atoms with E-state index in [0.717, 1.165) is 18.7 Å². The van der Waals surface area contributed by atoms with Crippen LogP contribution in [-0.4, -0.2) is 28.5 Å². The van der Waals surface area contributed by atoms with Crippen molar-refractivity contribution in [1.82, 2.24) is 9.47 Å². The molecule has 0 bridgehead atoms. The molecule has 5 heteroatoms. The van der Waals surface area contributed by atoms with Crippen LogP contribution in [0, 0.1) is 12.7 Å². The maximum Gasteiger partial charge on any atom is 0.238 e. The molecule has 1 atom stereocenters. The fourth-order valence-corrected chi connectivity index (χ4v) is 2.95. The van der Waals surface area contributed by atoms with E-state index >= 15 is 0 Å². The van der Waals surface area contributed by atoms with Crippen molar-refractivity contribution < 1.29 is 9.18 Å². The van der Waals surface area contributed by atoms with Gasteiger partial charge in [0.1, 0.15) is 5.82 Å². The van der Waals surface area contributed by atoms with Crippen LogP contribution in [0.4, 0.5) is 10.1 Å². The van der Waals surface area contributed by atoms with E-state index in [9.17, 15) is 9.18 Å². The van der Waals surface area contributed by atoms with Crippen LogP contribution in [0.1, 0.15) is 24.2 Å². The Morgan fingerprint density at radius 2 is 2.18 bits per heavy atom. The van der Waals surface area contributed by atoms with Gasteiger partial charge in [-0.1, -0.05) is 6.07 Å². The Bertz CT molecular complexity index is 695. The number of benzene rings is 1. The number of fused-ring (bicyclic) bond motifs is 1. The number of nitrogens with zero attached hydrogens (tertiary/aromatic N) is 2. The maximum absolute atomic E-state index is 13.3. The van der Waals surface area contributed by atoms with Gasteiger partial charge in [-0.2, -0.15) is 0 Å². The van der Waals surface area contributed by atoms with Gasteiger partial charge in [-0.25, -0.2) is 4.39 Å². The number of hydrogen-bond donors (Lipinski definition) is 1. The van der Waals surface area contributed by atoms with Crippen LogP contribution in [0.15, 0.2) is 36.5 Å². The number of amides is 1. The lowest BCUT2D eigenvalue weighted by molar-refractivity contribution is -0.118. The summed E-state index contributed by atoms with van der Waals surface area (Å²) in [5.41, 5.74) is 2.62. The minimum atomic E-state index is -0.343. The van der Waals surface area contributed by atoms with E-state index in [1.807, 2.05) is 13.0 Å². The van der Waals surface area contributed by atoms with Gasteiger partial charge >= 0.3 is 0 Å². The molecule has 116 valence electrons. The second-order valence-electron chi connectivity index (χ2n) is 5.78. The summed E-state index contributed by atoms with van der Waals surface area (Å²) in [5.74, 6) is -0.453. The van der Waals surface area contributed by atoms with Crippen molar-refractivity contribution in [3.8, 4) is 0 Å². The number of nitrogens with one attached hydrogen (secondary N) is 1. The van der Waals surface area contributed by atoms with Gasteiger partial charge in [0.15, 0.2) is 0 Å². The molecule has 0 saturated heterocycles. The van der Waals surface area contributed by atoms with Crippen molar-refractivity contribution in [2.75, 3.05) is 18.4 Å². The third kappa shape index (κ3) is 2.90. The number of carbonyl (C=O) groups excluding carboxylic acids is 1. The number of hydrogen-bond acceptors (Lipinski definition) is 2. The predicted molar refractivity (Wildman–Crippen MR) is 84.2 cm³/mol. The minimum absolute atomic E-state index is 0.111. The summed E-state index contributed by atoms with van der Waals surface area (Å²) in [7, 11) is 0. The number of halogens is 1. The average molecular weight is 301 g/mol. The molecule has 0 saturated carbocycles. The van der Waals surface area contributed by atoms with Crippen molar-refractivity contribution in [3.05, 3.63) is 53.6 Å². The molecule has 1 amide bonds. The zero-order valence-electron chi connectivity index (χ0n) is 12.8. The SMILES string of the molecule is Cc1ccc(F)cc1NC(=O)CN1CCn2cccc2C1C. The molecule has 1 N–H and O–H groups in total. The Kier molecular flexibility index (Phi) is 3.98. The summed E-state index contributed by atoms with van der Waals surface area (Å²) in [6.45, 7) is 5.98. The van der Waals surface area contributed by atoms with Gasteiger partial charge < -0.3 is 9.88 Å². The normalized spacial score (nSPS) is 18.0. The first-order valence-corrected chi connectivity index (χ1v) is 7.49. The Morgan fingerprint density at radius 3 is 3.00 bits per heavy atom. The van der Waals surface area contributed by atoms with E-state index in [4.69, 9.17) is 0 Å². The molecule has 0 fully saturated rings. The molecule has 1 aliphatic heterocycles. The summed E-state index contributed by atoms with van der Waals surface area (Å²) >= 11 is 0. The number of carbonyl (C=O) groups is 1. The van der Waals surface area contributed by atoms with Gasteiger partial charge in [0.25, 0.3) is 0 Å². The Hall–Kier alpha value is -2.14. The topological polar surface area (TPSA) is 37.3 Å². The summed E-state index contributed by atoms with van der Waals surface area (Å²) in [5, 5.41) is 2.81. The zero-order valence-corrected chi connectivity index (χ0v) is 12.8. The predicted octanol–water partition coefficient (Wildman–Crippen LogP) is 2.95. The van der Waals surface area contributed by atoms with Crippen molar-refractivity contribution in [3.63, 3.8) is 0 Å². The molecule has 1 aromatic carbocycles. The van der Waals surface area contributed by atoms with Crippen LogP contribution >= 0.6 is 0 Å². The van der Waals surface area contributed by atoms with Crippen molar-refractivity contribution in [1.29, 1.82) is 0 Å². The van der Waals surface area contributed by atoms with Crippen LogP contribution in [-0.2, 0) is 11.3 Å². The Balaban J connectivity index is 1.66. The van der Waals surface area contributed by atoms with E-state index in [0.29, 0.717) is 12.2 Å². The number of aromatic nitrogens is 1. The summed E-state index contributed by atoms with van der Waals surface area (Å²) in [4.78, 5) is 14.4. The van der Waals surface area contributed by atoms with Crippen LogP contribution in [0.25, 0.3) is 0 Å². The molecule has 2 aromatic rings. The molecular weight excluding hydrogens is 281 g/mol. The van der Waals surface area contributed by atoms with Gasteiger partial charge in [-0.3, -0.25) is 9.69 Å². The number of anilines is 1. The molecular formula is C17H20FN3O. The Morgan fingerprint density at radius 1 is 1.36 bits per heavy atom. The van der Waals surface area contributed by atoms with Gasteiger partial charge in [0.05, 0.1) is 6.54 Å². The van der Waals surface area contributed by atoms with E-state index in [2.05, 4.69) is 34.0 Å². The molecule has 22 heavy (non-hydrogen) atoms. The zero-order chi connectivity index (χ0) is 15.7. The van der Waals surface area contributed by atoms with Crippen molar-refractivity contribution >= 4 is 11.6 Å². The van der Waals surface area contributed by atoms with Crippen molar-refractivity contribution in [2.45, 2.75) is 26.4 Å². The van der Waals surface area contributed by atoms with Gasteiger partial charge in [0.2, 0.25) is 5.91 Å². The molecule has 2 heterocycles. The fourth-order valence-electron chi connectivity index (χ4n) is 2.95. The number of aryl methyl sites for hydroxylation is 1. The minimum Gasteiger partial charge on any atom is -0.349 e. The lowest BCUT2D eigenvalue weighted by Gasteiger charge is -2.34. The van der Waals surface area contributed by atoms with Gasteiger partial charge in [0, 0.05) is 36.7 Å². The second kappa shape index (κ2) is 5.93. The highest BCUT2D eigenvalue weighted by Gasteiger charge is 2.25. The molecule has 1 aromatic heterocycles. The van der Waals surface area contributed by atoms with Crippen LogP contribution < -0.4 is 5.32 Å². The monoisotopic (exact) mass is 301 g/mol. The highest BCUT2D eigenvalue weighted by Crippen LogP contribution is 2.25. The molecule has 1 unspecified atom stereocenters. The molecule has 0 aliphatic carbocycles. The highest BCUT2D eigenvalue weighted by molar-refractivity contribution is 5.93. The van der Waals surface area contributed by atoms with E-state index in [1.165, 1.54) is 17.8 Å². The molecule has 3 rings (SSSR count). The largest absolute Gasteiger partial charge is 0.349 e. The third-order valence-corrected chi connectivity index (χ3v) is 4.29. The lowest BCUT2D eigenvalue weighted by Crippen LogP contribution is -2.41. The standard InChI is InChI=1S/C17H20FN3O/c1-12-5-6-14(18)10-15(12)19-17(22)11-21-9-8-20-7-3-4-16(20)13(21)2/h3-7,10,13H,8-9,11H2,1-2H3,(H,19,22). The second-order valence-corrected chi connectivity index (χ2v) is 5.78. The van der Waals surface area contributed by atoms with Crippen LogP contribution in [0.5, 0.6) is 0 Å². The first kappa shape index (κ1) is 14.8. The van der Waals surface area contributed by atoms with Crippen LogP contribution in [0.2, 0.25) is 0 Å². The molecule has 0 spiro atoms. The first-order valence-electron chi connectivity index (χ1n) is 7.49. The van der Waals surface area contributed by atoms with Gasteiger partial charge in [-0.05, 0) is 43.7 Å². The lowest BCUT2D eigenvalue weighted by atomic mass is 10.1. The summed E-state index contributed by atoms with van der Waals surface area (Å²) in [6, 6.07) is 8.74. The Labute approximate surface area is 129 Å². The first-order chi connectivity index (χ1) is 10.5. The average Bonchev–Trinajstić information content (AvgIpc) is 2.95. The van der Waals surface area contributed by atoms with E-state index < -0.39 is 0 Å². The quantitative estimate of drug-likeness (QED) is 0.946. The smallest absolute Gasteiger partial charge is 0.238 e. The molecule has 1 aliphatic rings. The van der Waals surface area contributed by atoms with Crippen LogP contribution in [0.3, 0.4) is 0 Å². The molecule has 0 radical (unpaired) electrons. The van der Waals surface area contributed by atoms with Gasteiger partial charge in [-0.15, -0.1) is 0 Å². The molecule has 4 nitrogen and oxygen atoms in total. The van der Waals surface area contributed by atoms with E-state index in [-0.39, 0.29) is 17.8 Å².